The summed E-state index contributed by atoms with van der Waals surface area (Å²) in [5, 5.41) is 3.40. The van der Waals surface area contributed by atoms with Crippen molar-refractivity contribution in [2.45, 2.75) is 38.5 Å². The van der Waals surface area contributed by atoms with Gasteiger partial charge in [-0.2, -0.15) is 0 Å². The average molecular weight is 413 g/mol. The second-order valence-electron chi connectivity index (χ2n) is 8.04. The Balaban J connectivity index is 1.37. The first-order valence-corrected chi connectivity index (χ1v) is 10.2. The number of halogens is 1. The predicted octanol–water partition coefficient (Wildman–Crippen LogP) is 4.57. The van der Waals surface area contributed by atoms with Crippen molar-refractivity contribution in [3.05, 3.63) is 35.4 Å². The van der Waals surface area contributed by atoms with Crippen LogP contribution in [0.3, 0.4) is 0 Å². The summed E-state index contributed by atoms with van der Waals surface area (Å²) in [6.07, 6.45) is 6.79. The summed E-state index contributed by atoms with van der Waals surface area (Å²) < 4.78 is 11.2. The number of hydrogen-bond acceptors (Lipinski definition) is 6. The molecular formula is C21H21ClN4O3. The third kappa shape index (κ3) is 3.60. The quantitative estimate of drug-likeness (QED) is 0.675. The molecule has 1 N–H and O–H groups in total. The van der Waals surface area contributed by atoms with Crippen LogP contribution in [0.25, 0.3) is 22.4 Å². The standard InChI is InChI=1S/C21H21ClN4O3/c1-21(4-6-28-7-5-21)20(27)26-18-11-23-16(10-24-18)13-8-17-15(9-14(13)22)25-19(29-17)12-2-3-12/h8-12H,2-7H2,1H3,(H,24,26,27). The SMILES string of the molecule is CC1(C(=O)Nc2cnc(-c3cc4oc(C5CC5)nc4cc3Cl)cn2)CCOCC1. The van der Waals surface area contributed by atoms with Crippen molar-refractivity contribution in [3.63, 3.8) is 0 Å². The highest BCUT2D eigenvalue weighted by atomic mass is 35.5. The van der Waals surface area contributed by atoms with Crippen LogP contribution in [0.5, 0.6) is 0 Å². The van der Waals surface area contributed by atoms with Gasteiger partial charge in [-0.15, -0.1) is 0 Å². The molecule has 2 aliphatic rings. The van der Waals surface area contributed by atoms with Crippen LogP contribution in [0.1, 0.15) is 44.4 Å². The molecule has 0 bridgehead atoms. The zero-order chi connectivity index (χ0) is 20.0. The molecule has 0 radical (unpaired) electrons. The smallest absolute Gasteiger partial charge is 0.231 e. The number of nitrogens with one attached hydrogen (secondary N) is 1. The van der Waals surface area contributed by atoms with Gasteiger partial charge in [0.1, 0.15) is 5.52 Å². The highest BCUT2D eigenvalue weighted by molar-refractivity contribution is 6.34. The number of ether oxygens (including phenoxy) is 1. The Morgan fingerprint density at radius 1 is 1.21 bits per heavy atom. The first-order chi connectivity index (χ1) is 14.0. The van der Waals surface area contributed by atoms with Gasteiger partial charge >= 0.3 is 0 Å². The molecule has 2 aromatic heterocycles. The number of aromatic nitrogens is 3. The van der Waals surface area contributed by atoms with E-state index in [-0.39, 0.29) is 5.91 Å². The van der Waals surface area contributed by atoms with E-state index in [9.17, 15) is 4.79 Å². The third-order valence-electron chi connectivity index (χ3n) is 5.73. The number of carbonyl (C=O) groups excluding carboxylic acids is 1. The molecule has 1 aromatic carbocycles. The van der Waals surface area contributed by atoms with Crippen molar-refractivity contribution < 1.29 is 13.9 Å². The Labute approximate surface area is 172 Å². The van der Waals surface area contributed by atoms with Gasteiger partial charge in [0.05, 0.1) is 28.5 Å². The van der Waals surface area contributed by atoms with E-state index >= 15 is 0 Å². The fourth-order valence-corrected chi connectivity index (χ4v) is 3.77. The number of rotatable bonds is 4. The largest absolute Gasteiger partial charge is 0.440 e. The number of anilines is 1. The maximum absolute atomic E-state index is 12.6. The van der Waals surface area contributed by atoms with Crippen LogP contribution in [0.2, 0.25) is 5.02 Å². The van der Waals surface area contributed by atoms with Crippen molar-refractivity contribution in [2.75, 3.05) is 18.5 Å². The van der Waals surface area contributed by atoms with E-state index in [4.69, 9.17) is 20.8 Å². The van der Waals surface area contributed by atoms with Gasteiger partial charge in [-0.05, 0) is 37.8 Å². The van der Waals surface area contributed by atoms with Crippen molar-refractivity contribution in [3.8, 4) is 11.3 Å². The Morgan fingerprint density at radius 3 is 2.69 bits per heavy atom. The monoisotopic (exact) mass is 412 g/mol. The highest BCUT2D eigenvalue weighted by Crippen LogP contribution is 2.41. The fraction of sp³-hybridized carbons (Fsp3) is 0.429. The molecule has 1 aliphatic heterocycles. The Hall–Kier alpha value is -2.51. The molecule has 0 atom stereocenters. The number of fused-ring (bicyclic) bond motifs is 1. The predicted molar refractivity (Wildman–Crippen MR) is 109 cm³/mol. The van der Waals surface area contributed by atoms with Gasteiger partial charge < -0.3 is 14.5 Å². The van der Waals surface area contributed by atoms with E-state index < -0.39 is 5.41 Å². The molecule has 5 rings (SSSR count). The lowest BCUT2D eigenvalue weighted by molar-refractivity contribution is -0.129. The van der Waals surface area contributed by atoms with Crippen LogP contribution >= 0.6 is 11.6 Å². The summed E-state index contributed by atoms with van der Waals surface area (Å²) in [6.45, 7) is 3.15. The van der Waals surface area contributed by atoms with E-state index in [0.29, 0.717) is 54.1 Å². The third-order valence-corrected chi connectivity index (χ3v) is 6.05. The van der Waals surface area contributed by atoms with Crippen LogP contribution in [0.4, 0.5) is 5.82 Å². The molecular weight excluding hydrogens is 392 g/mol. The molecule has 1 saturated heterocycles. The van der Waals surface area contributed by atoms with Crippen LogP contribution in [0.15, 0.2) is 28.9 Å². The van der Waals surface area contributed by atoms with E-state index in [0.717, 1.165) is 29.8 Å². The normalized spacial score (nSPS) is 18.7. The van der Waals surface area contributed by atoms with E-state index in [2.05, 4.69) is 20.3 Å². The van der Waals surface area contributed by atoms with Crippen molar-refractivity contribution in [2.24, 2.45) is 5.41 Å². The number of benzene rings is 1. The molecule has 1 aliphatic carbocycles. The first kappa shape index (κ1) is 18.5. The zero-order valence-electron chi connectivity index (χ0n) is 16.1. The minimum absolute atomic E-state index is 0.0587. The van der Waals surface area contributed by atoms with Gasteiger partial charge in [0, 0.05) is 24.7 Å². The Morgan fingerprint density at radius 2 is 2.00 bits per heavy atom. The summed E-state index contributed by atoms with van der Waals surface area (Å²) in [7, 11) is 0. The fourth-order valence-electron chi connectivity index (χ4n) is 3.52. The summed E-state index contributed by atoms with van der Waals surface area (Å²) in [5.74, 6) is 1.57. The molecule has 2 fully saturated rings. The van der Waals surface area contributed by atoms with Crippen LogP contribution in [-0.4, -0.2) is 34.1 Å². The van der Waals surface area contributed by atoms with E-state index in [1.807, 2.05) is 13.0 Å². The van der Waals surface area contributed by atoms with E-state index in [1.165, 1.54) is 0 Å². The molecule has 1 amide bonds. The van der Waals surface area contributed by atoms with Crippen LogP contribution < -0.4 is 5.32 Å². The molecule has 0 unspecified atom stereocenters. The van der Waals surface area contributed by atoms with Crippen molar-refractivity contribution in [1.82, 2.24) is 15.0 Å². The summed E-state index contributed by atoms with van der Waals surface area (Å²) in [6, 6.07) is 3.65. The number of nitrogens with zero attached hydrogens (tertiary/aromatic N) is 3. The molecule has 7 nitrogen and oxygen atoms in total. The van der Waals surface area contributed by atoms with Gasteiger partial charge in [0.2, 0.25) is 5.91 Å². The first-order valence-electron chi connectivity index (χ1n) is 9.83. The van der Waals surface area contributed by atoms with Crippen LogP contribution in [0, 0.1) is 5.41 Å². The zero-order valence-corrected chi connectivity index (χ0v) is 16.8. The molecule has 3 aromatic rings. The van der Waals surface area contributed by atoms with Gasteiger partial charge in [-0.25, -0.2) is 9.97 Å². The van der Waals surface area contributed by atoms with Gasteiger partial charge in [-0.3, -0.25) is 9.78 Å². The molecule has 150 valence electrons. The topological polar surface area (TPSA) is 90.1 Å². The van der Waals surface area contributed by atoms with Crippen LogP contribution in [-0.2, 0) is 9.53 Å². The molecule has 8 heteroatoms. The lowest BCUT2D eigenvalue weighted by atomic mass is 9.81. The number of carbonyl (C=O) groups is 1. The summed E-state index contributed by atoms with van der Waals surface area (Å²) >= 11 is 6.46. The van der Waals surface area contributed by atoms with E-state index in [1.54, 1.807) is 18.5 Å². The highest BCUT2D eigenvalue weighted by Gasteiger charge is 2.35. The maximum atomic E-state index is 12.6. The van der Waals surface area contributed by atoms with Gasteiger partial charge in [0.15, 0.2) is 17.3 Å². The second-order valence-corrected chi connectivity index (χ2v) is 8.45. The molecule has 0 spiro atoms. The van der Waals surface area contributed by atoms with Crippen molar-refractivity contribution >= 4 is 34.4 Å². The van der Waals surface area contributed by atoms with Gasteiger partial charge in [-0.1, -0.05) is 18.5 Å². The average Bonchev–Trinajstić information content (AvgIpc) is 3.49. The Bertz CT molecular complexity index is 1070. The lowest BCUT2D eigenvalue weighted by Gasteiger charge is -2.31. The minimum atomic E-state index is -0.446. The lowest BCUT2D eigenvalue weighted by Crippen LogP contribution is -2.38. The molecule has 3 heterocycles. The van der Waals surface area contributed by atoms with Gasteiger partial charge in [0.25, 0.3) is 0 Å². The Kier molecular flexibility index (Phi) is 4.52. The summed E-state index contributed by atoms with van der Waals surface area (Å²) in [5.41, 5.74) is 2.33. The second kappa shape index (κ2) is 7.07. The van der Waals surface area contributed by atoms with Crippen molar-refractivity contribution in [1.29, 1.82) is 0 Å². The minimum Gasteiger partial charge on any atom is -0.440 e. The number of hydrogen-bond donors (Lipinski definition) is 1. The number of oxazole rings is 1. The summed E-state index contributed by atoms with van der Waals surface area (Å²) in [4.78, 5) is 26.0. The molecule has 1 saturated carbocycles. The maximum Gasteiger partial charge on any atom is 0.231 e. The number of amides is 1. The molecule has 29 heavy (non-hydrogen) atoms.